The van der Waals surface area contributed by atoms with Crippen LogP contribution in [0.2, 0.25) is 0 Å². The smallest absolute Gasteiger partial charge is 0.357 e. The van der Waals surface area contributed by atoms with Crippen molar-refractivity contribution in [3.63, 3.8) is 0 Å². The van der Waals surface area contributed by atoms with Gasteiger partial charge in [-0.15, -0.1) is 0 Å². The van der Waals surface area contributed by atoms with Crippen molar-refractivity contribution in [1.29, 1.82) is 0 Å². The number of fused-ring (bicyclic) bond motifs is 1. The Kier molecular flexibility index (Phi) is 5.78. The van der Waals surface area contributed by atoms with Crippen molar-refractivity contribution >= 4 is 22.8 Å². The van der Waals surface area contributed by atoms with E-state index in [-0.39, 0.29) is 30.2 Å². The summed E-state index contributed by atoms with van der Waals surface area (Å²) in [4.78, 5) is 26.5. The van der Waals surface area contributed by atoms with Crippen LogP contribution in [0.5, 0.6) is 0 Å². The first-order valence-corrected chi connectivity index (χ1v) is 9.94. The lowest BCUT2D eigenvalue weighted by atomic mass is 9.91. The second kappa shape index (κ2) is 8.64. The summed E-state index contributed by atoms with van der Waals surface area (Å²) in [5.74, 6) is -1.46. The zero-order valence-corrected chi connectivity index (χ0v) is 16.4. The van der Waals surface area contributed by atoms with Crippen molar-refractivity contribution in [3.8, 4) is 0 Å². The molecule has 30 heavy (non-hydrogen) atoms. The highest BCUT2D eigenvalue weighted by Crippen LogP contribution is 2.21. The molecule has 156 valence electrons. The lowest BCUT2D eigenvalue weighted by molar-refractivity contribution is 0.0690. The number of carboxylic acids is 1. The summed E-state index contributed by atoms with van der Waals surface area (Å²) >= 11 is 0. The van der Waals surface area contributed by atoms with E-state index in [1.54, 1.807) is 12.1 Å². The number of aromatic carboxylic acids is 1. The van der Waals surface area contributed by atoms with Gasteiger partial charge in [-0.1, -0.05) is 30.3 Å². The molecular weight excluding hydrogens is 384 g/mol. The highest BCUT2D eigenvalue weighted by atomic mass is 16.4. The molecule has 4 N–H and O–H groups in total. The third-order valence-corrected chi connectivity index (χ3v) is 5.67. The van der Waals surface area contributed by atoms with E-state index in [4.69, 9.17) is 0 Å². The van der Waals surface area contributed by atoms with Gasteiger partial charge in [-0.05, 0) is 36.7 Å². The molecule has 8 heteroatoms. The van der Waals surface area contributed by atoms with E-state index < -0.39 is 5.97 Å². The Hall–Kier alpha value is -3.23. The SMILES string of the molecule is O=C(NC1CN(Cc2ccccc2)CCC1CO)c1ccc2[nH]nc(C(=O)O)c2c1. The predicted octanol–water partition coefficient (Wildman–Crippen LogP) is 1.87. The topological polar surface area (TPSA) is 119 Å². The van der Waals surface area contributed by atoms with E-state index in [0.29, 0.717) is 23.0 Å². The molecule has 8 nitrogen and oxygen atoms in total. The fourth-order valence-electron chi connectivity index (χ4n) is 4.01. The number of rotatable bonds is 6. The number of carbonyl (C=O) groups excluding carboxylic acids is 1. The molecule has 0 aliphatic carbocycles. The highest BCUT2D eigenvalue weighted by Gasteiger charge is 2.30. The second-order valence-electron chi connectivity index (χ2n) is 7.67. The van der Waals surface area contributed by atoms with Crippen LogP contribution in [0, 0.1) is 5.92 Å². The largest absolute Gasteiger partial charge is 0.476 e. The number of aliphatic hydroxyl groups excluding tert-OH is 1. The van der Waals surface area contributed by atoms with Crippen LogP contribution in [0.1, 0.15) is 32.8 Å². The van der Waals surface area contributed by atoms with Crippen molar-refractivity contribution in [3.05, 3.63) is 65.4 Å². The normalized spacial score (nSPS) is 19.6. The van der Waals surface area contributed by atoms with Gasteiger partial charge in [0.05, 0.1) is 5.52 Å². The van der Waals surface area contributed by atoms with Gasteiger partial charge in [-0.2, -0.15) is 5.10 Å². The van der Waals surface area contributed by atoms with Gasteiger partial charge in [0, 0.05) is 42.6 Å². The summed E-state index contributed by atoms with van der Waals surface area (Å²) in [6, 6.07) is 14.8. The zero-order valence-electron chi connectivity index (χ0n) is 16.4. The van der Waals surface area contributed by atoms with Crippen LogP contribution in [-0.2, 0) is 6.54 Å². The van der Waals surface area contributed by atoms with Crippen LogP contribution < -0.4 is 5.32 Å². The van der Waals surface area contributed by atoms with Crippen LogP contribution in [0.4, 0.5) is 0 Å². The van der Waals surface area contributed by atoms with Crippen molar-refractivity contribution in [2.24, 2.45) is 5.92 Å². The van der Waals surface area contributed by atoms with E-state index in [9.17, 15) is 19.8 Å². The molecule has 1 saturated heterocycles. The number of piperidine rings is 1. The van der Waals surface area contributed by atoms with E-state index in [0.717, 1.165) is 19.5 Å². The Morgan fingerprint density at radius 3 is 2.73 bits per heavy atom. The van der Waals surface area contributed by atoms with Gasteiger partial charge < -0.3 is 15.5 Å². The first-order valence-electron chi connectivity index (χ1n) is 9.94. The monoisotopic (exact) mass is 408 g/mol. The molecule has 1 aliphatic heterocycles. The van der Waals surface area contributed by atoms with Crippen molar-refractivity contribution < 1.29 is 19.8 Å². The zero-order chi connectivity index (χ0) is 21.1. The number of nitrogens with zero attached hydrogens (tertiary/aromatic N) is 2. The third-order valence-electron chi connectivity index (χ3n) is 5.67. The maximum absolute atomic E-state index is 12.9. The average Bonchev–Trinajstić information content (AvgIpc) is 3.18. The molecule has 4 rings (SSSR count). The number of aliphatic hydroxyl groups is 1. The van der Waals surface area contributed by atoms with Crippen LogP contribution in [-0.4, -0.2) is 62.9 Å². The fraction of sp³-hybridized carbons (Fsp3) is 0.318. The molecule has 1 fully saturated rings. The Balaban J connectivity index is 1.49. The van der Waals surface area contributed by atoms with E-state index in [2.05, 4.69) is 32.5 Å². The Morgan fingerprint density at radius 2 is 2.00 bits per heavy atom. The first-order chi connectivity index (χ1) is 14.5. The van der Waals surface area contributed by atoms with Gasteiger partial charge in [0.1, 0.15) is 0 Å². The number of amides is 1. The number of hydrogen-bond donors (Lipinski definition) is 4. The minimum atomic E-state index is -1.15. The number of hydrogen-bond acceptors (Lipinski definition) is 5. The molecule has 2 atom stereocenters. The van der Waals surface area contributed by atoms with Crippen LogP contribution >= 0.6 is 0 Å². The van der Waals surface area contributed by atoms with E-state index in [1.807, 2.05) is 18.2 Å². The average molecular weight is 408 g/mol. The molecule has 1 amide bonds. The lowest BCUT2D eigenvalue weighted by Gasteiger charge is -2.38. The van der Waals surface area contributed by atoms with E-state index in [1.165, 1.54) is 11.6 Å². The number of carbonyl (C=O) groups is 2. The van der Waals surface area contributed by atoms with Crippen LogP contribution in [0.25, 0.3) is 10.9 Å². The molecule has 2 unspecified atom stereocenters. The molecule has 0 spiro atoms. The van der Waals surface area contributed by atoms with Crippen molar-refractivity contribution in [2.75, 3.05) is 19.7 Å². The lowest BCUT2D eigenvalue weighted by Crippen LogP contribution is -2.53. The number of benzene rings is 2. The number of H-pyrrole nitrogens is 1. The summed E-state index contributed by atoms with van der Waals surface area (Å²) in [5.41, 5.74) is 2.02. The van der Waals surface area contributed by atoms with E-state index >= 15 is 0 Å². The molecule has 0 radical (unpaired) electrons. The highest BCUT2D eigenvalue weighted by molar-refractivity contribution is 6.04. The predicted molar refractivity (Wildman–Crippen MR) is 111 cm³/mol. The third kappa shape index (κ3) is 4.19. The molecule has 0 bridgehead atoms. The van der Waals surface area contributed by atoms with Gasteiger partial charge in [0.15, 0.2) is 5.69 Å². The fourth-order valence-corrected chi connectivity index (χ4v) is 4.01. The standard InChI is InChI=1S/C22H24N4O4/c27-13-16-8-9-26(11-14-4-2-1-3-5-14)12-19(16)23-21(28)15-6-7-18-17(10-15)20(22(29)30)25-24-18/h1-7,10,16,19,27H,8-9,11-13H2,(H,23,28)(H,24,25)(H,29,30). The Morgan fingerprint density at radius 1 is 1.20 bits per heavy atom. The maximum Gasteiger partial charge on any atom is 0.357 e. The van der Waals surface area contributed by atoms with Crippen LogP contribution in [0.3, 0.4) is 0 Å². The molecule has 3 aromatic rings. The van der Waals surface area contributed by atoms with Gasteiger partial charge >= 0.3 is 5.97 Å². The molecule has 1 aromatic heterocycles. The Labute approximate surface area is 173 Å². The molecule has 1 aliphatic rings. The van der Waals surface area contributed by atoms with Crippen molar-refractivity contribution in [1.82, 2.24) is 20.4 Å². The number of nitrogens with one attached hydrogen (secondary N) is 2. The van der Waals surface area contributed by atoms with Gasteiger partial charge in [0.25, 0.3) is 5.91 Å². The summed E-state index contributed by atoms with van der Waals surface area (Å²) in [5, 5.41) is 28.9. The van der Waals surface area contributed by atoms with Gasteiger partial charge in [-0.3, -0.25) is 14.8 Å². The summed E-state index contributed by atoms with van der Waals surface area (Å²) in [6.45, 7) is 2.29. The maximum atomic E-state index is 12.9. The Bertz CT molecular complexity index is 1050. The van der Waals surface area contributed by atoms with Crippen LogP contribution in [0.15, 0.2) is 48.5 Å². The molecule has 2 aromatic carbocycles. The molecule has 2 heterocycles. The second-order valence-corrected chi connectivity index (χ2v) is 7.67. The first kappa shape index (κ1) is 20.1. The number of likely N-dealkylation sites (tertiary alicyclic amines) is 1. The molecular formula is C22H24N4O4. The number of aromatic amines is 1. The number of carboxylic acid groups (broad SMARTS) is 1. The van der Waals surface area contributed by atoms with Gasteiger partial charge in [0.2, 0.25) is 0 Å². The number of aromatic nitrogens is 2. The quantitative estimate of drug-likeness (QED) is 0.495. The van der Waals surface area contributed by atoms with Crippen molar-refractivity contribution in [2.45, 2.75) is 19.0 Å². The minimum Gasteiger partial charge on any atom is -0.476 e. The summed E-state index contributed by atoms with van der Waals surface area (Å²) < 4.78 is 0. The summed E-state index contributed by atoms with van der Waals surface area (Å²) in [6.07, 6.45) is 0.790. The molecule has 0 saturated carbocycles. The van der Waals surface area contributed by atoms with Gasteiger partial charge in [-0.25, -0.2) is 4.79 Å². The minimum absolute atomic E-state index is 0.00799. The summed E-state index contributed by atoms with van der Waals surface area (Å²) in [7, 11) is 0.